The monoisotopic (exact) mass is 294 g/mol. The van der Waals surface area contributed by atoms with Crippen molar-refractivity contribution in [2.24, 2.45) is 5.73 Å². The zero-order chi connectivity index (χ0) is 15.7. The number of nitrogens with two attached hydrogens (primary N) is 1. The van der Waals surface area contributed by atoms with Gasteiger partial charge in [0.05, 0.1) is 0 Å². The summed E-state index contributed by atoms with van der Waals surface area (Å²) in [4.78, 5) is 26.0. The summed E-state index contributed by atoms with van der Waals surface area (Å²) in [6.45, 7) is 2.01. The van der Waals surface area contributed by atoms with Crippen LogP contribution in [0.3, 0.4) is 0 Å². The second-order valence-electron chi connectivity index (χ2n) is 5.67. The van der Waals surface area contributed by atoms with Crippen molar-refractivity contribution < 1.29 is 9.59 Å². The first kappa shape index (κ1) is 14.3. The SMILES string of the molecule is Cc1ccc([C@@H]2CC(=O)N(c3ccccc3)[C@H]2C(N)=O)cc1. The quantitative estimate of drug-likeness (QED) is 0.944. The average Bonchev–Trinajstić information content (AvgIpc) is 2.86. The summed E-state index contributed by atoms with van der Waals surface area (Å²) in [6, 6.07) is 16.5. The highest BCUT2D eigenvalue weighted by atomic mass is 16.2. The van der Waals surface area contributed by atoms with Crippen LogP contribution in [0.15, 0.2) is 54.6 Å². The number of rotatable bonds is 3. The van der Waals surface area contributed by atoms with Gasteiger partial charge >= 0.3 is 0 Å². The molecule has 3 rings (SSSR count). The maximum absolute atomic E-state index is 12.5. The van der Waals surface area contributed by atoms with Gasteiger partial charge < -0.3 is 5.73 Å². The maximum Gasteiger partial charge on any atom is 0.241 e. The Bertz CT molecular complexity index is 695. The highest BCUT2D eigenvalue weighted by molar-refractivity contribution is 6.04. The van der Waals surface area contributed by atoms with E-state index in [1.165, 1.54) is 4.90 Å². The van der Waals surface area contributed by atoms with Crippen molar-refractivity contribution in [1.82, 2.24) is 0 Å². The van der Waals surface area contributed by atoms with E-state index in [-0.39, 0.29) is 11.8 Å². The maximum atomic E-state index is 12.5. The molecule has 2 aromatic carbocycles. The van der Waals surface area contributed by atoms with Crippen molar-refractivity contribution in [1.29, 1.82) is 0 Å². The van der Waals surface area contributed by atoms with Gasteiger partial charge in [0, 0.05) is 18.0 Å². The third kappa shape index (κ3) is 2.48. The Labute approximate surface area is 129 Å². The smallest absolute Gasteiger partial charge is 0.241 e. The van der Waals surface area contributed by atoms with Gasteiger partial charge in [-0.3, -0.25) is 14.5 Å². The molecule has 0 unspecified atom stereocenters. The lowest BCUT2D eigenvalue weighted by Gasteiger charge is -2.25. The van der Waals surface area contributed by atoms with Crippen molar-refractivity contribution in [3.8, 4) is 0 Å². The lowest BCUT2D eigenvalue weighted by atomic mass is 9.90. The first-order valence-electron chi connectivity index (χ1n) is 7.31. The summed E-state index contributed by atoms with van der Waals surface area (Å²) >= 11 is 0. The van der Waals surface area contributed by atoms with E-state index in [4.69, 9.17) is 5.73 Å². The van der Waals surface area contributed by atoms with Crippen LogP contribution < -0.4 is 10.6 Å². The summed E-state index contributed by atoms with van der Waals surface area (Å²) in [5, 5.41) is 0. The van der Waals surface area contributed by atoms with Crippen LogP contribution in [-0.2, 0) is 9.59 Å². The molecule has 0 saturated carbocycles. The molecule has 1 aliphatic rings. The molecule has 4 heteroatoms. The van der Waals surface area contributed by atoms with Gasteiger partial charge in [-0.25, -0.2) is 0 Å². The van der Waals surface area contributed by atoms with E-state index in [1.807, 2.05) is 61.5 Å². The second-order valence-corrected chi connectivity index (χ2v) is 5.67. The summed E-state index contributed by atoms with van der Waals surface area (Å²) in [6.07, 6.45) is 0.297. The van der Waals surface area contributed by atoms with Crippen LogP contribution in [0.4, 0.5) is 5.69 Å². The zero-order valence-corrected chi connectivity index (χ0v) is 12.4. The summed E-state index contributed by atoms with van der Waals surface area (Å²) in [5.41, 5.74) is 8.44. The van der Waals surface area contributed by atoms with Crippen LogP contribution in [0.5, 0.6) is 0 Å². The average molecular weight is 294 g/mol. The number of amides is 2. The fourth-order valence-corrected chi connectivity index (χ4v) is 3.07. The van der Waals surface area contributed by atoms with Crippen molar-refractivity contribution >= 4 is 17.5 Å². The molecule has 1 saturated heterocycles. The van der Waals surface area contributed by atoms with E-state index in [9.17, 15) is 9.59 Å². The number of carbonyl (C=O) groups excluding carboxylic acids is 2. The van der Waals surface area contributed by atoms with Crippen molar-refractivity contribution in [3.05, 3.63) is 65.7 Å². The predicted molar refractivity (Wildman–Crippen MR) is 85.4 cm³/mol. The number of nitrogens with zero attached hydrogens (tertiary/aromatic N) is 1. The lowest BCUT2D eigenvalue weighted by molar-refractivity contribution is -0.121. The van der Waals surface area contributed by atoms with Gasteiger partial charge in [-0.1, -0.05) is 48.0 Å². The molecule has 2 N–H and O–H groups in total. The molecular weight excluding hydrogens is 276 g/mol. The minimum absolute atomic E-state index is 0.0689. The second kappa shape index (κ2) is 5.64. The molecule has 2 atom stereocenters. The topological polar surface area (TPSA) is 63.4 Å². The molecule has 1 fully saturated rings. The molecule has 0 aromatic heterocycles. The summed E-state index contributed by atoms with van der Waals surface area (Å²) in [5.74, 6) is -0.744. The number of carbonyl (C=O) groups is 2. The highest BCUT2D eigenvalue weighted by Gasteiger charge is 2.44. The van der Waals surface area contributed by atoms with E-state index in [1.54, 1.807) is 0 Å². The Morgan fingerprint density at radius 3 is 2.32 bits per heavy atom. The van der Waals surface area contributed by atoms with Gasteiger partial charge in [-0.15, -0.1) is 0 Å². The standard InChI is InChI=1S/C18H18N2O2/c1-12-7-9-13(10-8-12)15-11-16(21)20(17(15)18(19)22)14-5-3-2-4-6-14/h2-10,15,17H,11H2,1H3,(H2,19,22)/t15-,17+/m0/s1. The Morgan fingerprint density at radius 1 is 1.09 bits per heavy atom. The number of benzene rings is 2. The number of aryl methyl sites for hydroxylation is 1. The third-order valence-corrected chi connectivity index (χ3v) is 4.15. The van der Waals surface area contributed by atoms with Crippen molar-refractivity contribution in [3.63, 3.8) is 0 Å². The number of primary amides is 1. The number of anilines is 1. The molecule has 1 aliphatic heterocycles. The molecule has 0 bridgehead atoms. The zero-order valence-electron chi connectivity index (χ0n) is 12.4. The number of para-hydroxylation sites is 1. The minimum atomic E-state index is -0.641. The molecule has 0 radical (unpaired) electrons. The van der Waals surface area contributed by atoms with E-state index >= 15 is 0 Å². The first-order chi connectivity index (χ1) is 10.6. The fraction of sp³-hybridized carbons (Fsp3) is 0.222. The lowest BCUT2D eigenvalue weighted by Crippen LogP contribution is -2.44. The molecule has 0 aliphatic carbocycles. The minimum Gasteiger partial charge on any atom is -0.368 e. The fourth-order valence-electron chi connectivity index (χ4n) is 3.07. The van der Waals surface area contributed by atoms with E-state index in [0.717, 1.165) is 11.1 Å². The van der Waals surface area contributed by atoms with Crippen LogP contribution in [0, 0.1) is 6.92 Å². The van der Waals surface area contributed by atoms with Gasteiger partial charge in [-0.05, 0) is 24.6 Å². The molecule has 112 valence electrons. The first-order valence-corrected chi connectivity index (χ1v) is 7.31. The Kier molecular flexibility index (Phi) is 3.67. The van der Waals surface area contributed by atoms with Crippen LogP contribution >= 0.6 is 0 Å². The van der Waals surface area contributed by atoms with Gasteiger partial charge in [0.25, 0.3) is 0 Å². The van der Waals surface area contributed by atoms with Gasteiger partial charge in [-0.2, -0.15) is 0 Å². The molecule has 4 nitrogen and oxygen atoms in total. The van der Waals surface area contributed by atoms with E-state index < -0.39 is 11.9 Å². The van der Waals surface area contributed by atoms with Crippen LogP contribution in [0.25, 0.3) is 0 Å². The molecule has 2 amide bonds. The normalized spacial score (nSPS) is 21.1. The largest absolute Gasteiger partial charge is 0.368 e. The molecule has 1 heterocycles. The Hall–Kier alpha value is -2.62. The molecule has 0 spiro atoms. The van der Waals surface area contributed by atoms with Crippen molar-refractivity contribution in [2.45, 2.75) is 25.3 Å². The molecule has 22 heavy (non-hydrogen) atoms. The van der Waals surface area contributed by atoms with Gasteiger partial charge in [0.1, 0.15) is 6.04 Å². The highest BCUT2D eigenvalue weighted by Crippen LogP contribution is 2.37. The van der Waals surface area contributed by atoms with Crippen molar-refractivity contribution in [2.75, 3.05) is 4.90 Å². The van der Waals surface area contributed by atoms with Gasteiger partial charge in [0.2, 0.25) is 11.8 Å². The molecular formula is C18H18N2O2. The Morgan fingerprint density at radius 2 is 1.73 bits per heavy atom. The van der Waals surface area contributed by atoms with Crippen LogP contribution in [0.1, 0.15) is 23.5 Å². The van der Waals surface area contributed by atoms with E-state index in [0.29, 0.717) is 12.1 Å². The summed E-state index contributed by atoms with van der Waals surface area (Å²) in [7, 11) is 0. The molecule has 2 aromatic rings. The number of hydrogen-bond donors (Lipinski definition) is 1. The predicted octanol–water partition coefficient (Wildman–Crippen LogP) is 2.37. The number of hydrogen-bond acceptors (Lipinski definition) is 2. The van der Waals surface area contributed by atoms with Crippen LogP contribution in [-0.4, -0.2) is 17.9 Å². The summed E-state index contributed by atoms with van der Waals surface area (Å²) < 4.78 is 0. The third-order valence-electron chi connectivity index (χ3n) is 4.15. The van der Waals surface area contributed by atoms with Crippen LogP contribution in [0.2, 0.25) is 0 Å². The Balaban J connectivity index is 2.01. The van der Waals surface area contributed by atoms with E-state index in [2.05, 4.69) is 0 Å². The van der Waals surface area contributed by atoms with Gasteiger partial charge in [0.15, 0.2) is 0 Å².